The minimum Gasteiger partial charge on any atom is -0.492 e. The fourth-order valence-electron chi connectivity index (χ4n) is 1.07. The fourth-order valence-corrected chi connectivity index (χ4v) is 1.72. The summed E-state index contributed by atoms with van der Waals surface area (Å²) in [7, 11) is -3.41. The van der Waals surface area contributed by atoms with Crippen LogP contribution in [0.15, 0.2) is 41.2 Å². The first kappa shape index (κ1) is 19.2. The van der Waals surface area contributed by atoms with E-state index in [-0.39, 0.29) is 62.0 Å². The molecule has 0 heterocycles. The first-order chi connectivity index (χ1) is 8.10. The Kier molecular flexibility index (Phi) is 7.36. The van der Waals surface area contributed by atoms with Gasteiger partial charge in [0.15, 0.2) is 9.84 Å². The molecule has 0 N–H and O–H groups in total. The predicted octanol–water partition coefficient (Wildman–Crippen LogP) is -0.584. The van der Waals surface area contributed by atoms with Crippen LogP contribution in [0.5, 0.6) is 5.75 Å². The number of halogens is 3. The Balaban J connectivity index is 0.00000324. The fraction of sp³-hybridized carbons (Fsp3) is 0.200. The van der Waals surface area contributed by atoms with Gasteiger partial charge in [-0.3, -0.25) is 0 Å². The van der Waals surface area contributed by atoms with Crippen LogP contribution in [-0.2, 0) is 9.84 Å². The molecule has 0 bridgehead atoms. The summed E-state index contributed by atoms with van der Waals surface area (Å²) in [5.74, 6) is 0.0547. The average Bonchev–Trinajstić information content (AvgIpc) is 2.23. The van der Waals surface area contributed by atoms with Crippen LogP contribution in [0.25, 0.3) is 0 Å². The quantitative estimate of drug-likeness (QED) is 0.682. The van der Waals surface area contributed by atoms with Crippen molar-refractivity contribution in [2.45, 2.75) is 4.90 Å². The summed E-state index contributed by atoms with van der Waals surface area (Å²) in [4.78, 5) is -0.0110. The summed E-state index contributed by atoms with van der Waals surface area (Å²) in [6.45, 7) is -2.98. The summed E-state index contributed by atoms with van der Waals surface area (Å²) >= 11 is 0. The van der Waals surface area contributed by atoms with Gasteiger partial charge < -0.3 is 17.7 Å². The van der Waals surface area contributed by atoms with Gasteiger partial charge in [0.1, 0.15) is 5.75 Å². The van der Waals surface area contributed by atoms with Gasteiger partial charge >= 0.3 is 58.4 Å². The molecular weight excluding hydrogens is 307 g/mol. The van der Waals surface area contributed by atoms with Crippen molar-refractivity contribution in [2.75, 3.05) is 12.9 Å². The Labute approximate surface area is 152 Å². The molecule has 0 saturated carbocycles. The van der Waals surface area contributed by atoms with E-state index in [0.29, 0.717) is 0 Å². The van der Waals surface area contributed by atoms with Crippen LogP contribution in [0.3, 0.4) is 0 Å². The normalized spacial score (nSPS) is 11.6. The number of benzene rings is 1. The van der Waals surface area contributed by atoms with Crippen LogP contribution in [-0.4, -0.2) is 28.3 Å². The van der Waals surface area contributed by atoms with Gasteiger partial charge in [-0.25, -0.2) is 8.42 Å². The first-order valence-corrected chi connectivity index (χ1v) is 6.80. The number of rotatable bonds is 5. The van der Waals surface area contributed by atoms with E-state index in [4.69, 9.17) is 4.74 Å². The summed E-state index contributed by atoms with van der Waals surface area (Å²) in [5, 5.41) is 0. The molecule has 0 aliphatic rings. The second-order valence-electron chi connectivity index (χ2n) is 3.77. The van der Waals surface area contributed by atoms with Crippen molar-refractivity contribution in [2.24, 2.45) is 0 Å². The smallest absolute Gasteiger partial charge is 0.492 e. The Morgan fingerprint density at radius 1 is 1.37 bits per heavy atom. The van der Waals surface area contributed by atoms with Gasteiger partial charge in [0, 0.05) is 6.26 Å². The molecule has 19 heavy (non-hydrogen) atoms. The second-order valence-corrected chi connectivity index (χ2v) is 5.78. The summed E-state index contributed by atoms with van der Waals surface area (Å²) < 4.78 is 63.9. The van der Waals surface area contributed by atoms with Crippen molar-refractivity contribution in [3.05, 3.63) is 36.3 Å². The Hall–Kier alpha value is 0.201. The van der Waals surface area contributed by atoms with E-state index in [0.717, 1.165) is 6.26 Å². The number of hydrogen-bond donors (Lipinski definition) is 0. The van der Waals surface area contributed by atoms with E-state index in [1.165, 1.54) is 24.3 Å². The van der Waals surface area contributed by atoms with Crippen LogP contribution in [0.2, 0.25) is 0 Å². The summed E-state index contributed by atoms with van der Waals surface area (Å²) in [6.07, 6.45) is 1.00. The van der Waals surface area contributed by atoms with Gasteiger partial charge in [0.05, 0.1) is 11.5 Å². The zero-order valence-electron chi connectivity index (χ0n) is 10.6. The number of hydrogen-bond acceptors (Lipinski definition) is 3. The third kappa shape index (κ3) is 6.46. The van der Waals surface area contributed by atoms with Gasteiger partial charge in [-0.05, 0) is 18.2 Å². The van der Waals surface area contributed by atoms with E-state index in [1.54, 1.807) is 0 Å². The molecule has 1 aromatic carbocycles. The molecule has 0 saturated heterocycles. The molecule has 9 heteroatoms. The van der Waals surface area contributed by atoms with Crippen molar-refractivity contribution in [1.29, 1.82) is 0 Å². The van der Waals surface area contributed by atoms with Crippen LogP contribution >= 0.6 is 0 Å². The van der Waals surface area contributed by atoms with Gasteiger partial charge in [-0.15, -0.1) is 12.1 Å². The molecule has 1 rings (SSSR count). The predicted molar refractivity (Wildman–Crippen MR) is 63.3 cm³/mol. The maximum absolute atomic E-state index is 12.2. The van der Waals surface area contributed by atoms with Gasteiger partial charge in [0.25, 0.3) is 0 Å². The van der Waals surface area contributed by atoms with E-state index in [9.17, 15) is 21.4 Å². The molecule has 0 aliphatic carbocycles. The minimum absolute atomic E-state index is 0. The van der Waals surface area contributed by atoms with Crippen molar-refractivity contribution in [3.8, 4) is 5.75 Å². The summed E-state index contributed by atoms with van der Waals surface area (Å²) in [6, 6.07) is 5.29. The Bertz CT molecular complexity index is 557. The molecule has 0 unspecified atom stereocenters. The molecule has 3 nitrogen and oxygen atoms in total. The molecule has 0 spiro atoms. The molecule has 0 aliphatic heterocycles. The maximum atomic E-state index is 12.2. The third-order valence-electron chi connectivity index (χ3n) is 2.12. The maximum Gasteiger partial charge on any atom is 1.00 e. The monoisotopic (exact) mass is 318 g/mol. The van der Waals surface area contributed by atoms with Crippen LogP contribution < -0.4 is 56.1 Å². The zero-order valence-corrected chi connectivity index (χ0v) is 14.5. The molecular formula is C10H11BF3KO3S. The SMILES string of the molecule is C=C(COc1cccc(S(C)(=O)=O)c1)[B-](F)(F)F.[K+]. The minimum atomic E-state index is -5.14. The third-order valence-corrected chi connectivity index (χ3v) is 3.23. The molecule has 1 aromatic rings. The average molecular weight is 318 g/mol. The van der Waals surface area contributed by atoms with E-state index in [1.807, 2.05) is 0 Å². The molecule has 0 fully saturated rings. The van der Waals surface area contributed by atoms with Gasteiger partial charge in [-0.1, -0.05) is 6.07 Å². The van der Waals surface area contributed by atoms with E-state index in [2.05, 4.69) is 6.58 Å². The molecule has 100 valence electrons. The van der Waals surface area contributed by atoms with Crippen LogP contribution in [0.4, 0.5) is 12.9 Å². The standard InChI is InChI=1S/C10H11BF3O3S.K/c1-8(11(12,13)14)7-17-9-4-3-5-10(6-9)18(2,15)16;/h3-6H,1,7H2,2H3;/q-1;+1. The molecule has 0 atom stereocenters. The van der Waals surface area contributed by atoms with Gasteiger partial charge in [0.2, 0.25) is 0 Å². The van der Waals surface area contributed by atoms with Crippen LogP contribution in [0.1, 0.15) is 0 Å². The van der Waals surface area contributed by atoms with E-state index >= 15 is 0 Å². The molecule has 0 radical (unpaired) electrons. The van der Waals surface area contributed by atoms with Crippen molar-refractivity contribution >= 4 is 16.8 Å². The van der Waals surface area contributed by atoms with Crippen LogP contribution in [0, 0.1) is 0 Å². The Morgan fingerprint density at radius 3 is 2.42 bits per heavy atom. The van der Waals surface area contributed by atoms with E-state index < -0.39 is 28.9 Å². The molecule has 0 amide bonds. The van der Waals surface area contributed by atoms with Crippen molar-refractivity contribution in [1.82, 2.24) is 0 Å². The zero-order chi connectivity index (χ0) is 14.0. The first-order valence-electron chi connectivity index (χ1n) is 4.91. The topological polar surface area (TPSA) is 43.4 Å². The van der Waals surface area contributed by atoms with Gasteiger partial charge in [-0.2, -0.15) is 0 Å². The Morgan fingerprint density at radius 2 is 1.95 bits per heavy atom. The van der Waals surface area contributed by atoms with Crippen molar-refractivity contribution < 1.29 is 77.5 Å². The van der Waals surface area contributed by atoms with Crippen molar-refractivity contribution in [3.63, 3.8) is 0 Å². The largest absolute Gasteiger partial charge is 1.00 e. The summed E-state index contributed by atoms with van der Waals surface area (Å²) in [5.41, 5.74) is -0.972. The number of ether oxygens (including phenoxy) is 1. The second kappa shape index (κ2) is 7.28. The number of sulfone groups is 1. The molecule has 0 aromatic heterocycles.